The Morgan fingerprint density at radius 1 is 0.789 bits per heavy atom. The molecule has 6 rings (SSSR count). The van der Waals surface area contributed by atoms with Gasteiger partial charge < -0.3 is 23.1 Å². The average molecular weight is 692 g/mol. The first-order chi connectivity index (χ1) is 18.0. The number of pyridine rings is 1. The van der Waals surface area contributed by atoms with Crippen LogP contribution in [-0.4, -0.2) is 49.1 Å². The van der Waals surface area contributed by atoms with Crippen molar-refractivity contribution in [3.8, 4) is 11.3 Å². The third-order valence-corrected chi connectivity index (χ3v) is 5.92. The second kappa shape index (κ2) is 11.4. The van der Waals surface area contributed by atoms with Crippen LogP contribution in [0.15, 0.2) is 111 Å². The molecule has 0 N–H and O–H groups in total. The Hall–Kier alpha value is -4.22. The fraction of sp³-hybridized carbons (Fsp3) is 0.0800. The second-order valence-electron chi connectivity index (χ2n) is 8.47. The molecule has 6 aromatic rings. The van der Waals surface area contributed by atoms with E-state index in [9.17, 15) is 8.78 Å². The zero-order valence-electron chi connectivity index (χ0n) is 20.6. The molecule has 0 aliphatic heterocycles. The minimum Gasteiger partial charge on any atom is -0.378 e. The molecule has 0 saturated heterocycles. The van der Waals surface area contributed by atoms with Crippen molar-refractivity contribution in [3.63, 3.8) is 0 Å². The molecule has 13 heteroatoms. The van der Waals surface area contributed by atoms with E-state index in [1.807, 2.05) is 94.4 Å². The second-order valence-corrected chi connectivity index (χ2v) is 8.47. The van der Waals surface area contributed by atoms with E-state index in [1.165, 1.54) is 0 Å². The van der Waals surface area contributed by atoms with E-state index >= 15 is 0 Å². The van der Waals surface area contributed by atoms with Gasteiger partial charge in [0, 0.05) is 64.4 Å². The fourth-order valence-electron chi connectivity index (χ4n) is 4.29. The monoisotopic (exact) mass is 692 g/mol. The van der Waals surface area contributed by atoms with Crippen LogP contribution in [0, 0.1) is 17.7 Å². The Morgan fingerprint density at radius 3 is 1.82 bits per heavy atom. The number of aryl methyl sites for hydroxylation is 2. The van der Waals surface area contributed by atoms with Crippen molar-refractivity contribution in [1.29, 1.82) is 0 Å². The largest absolute Gasteiger partial charge is 0.485 e. The number of benzene rings is 1. The summed E-state index contributed by atoms with van der Waals surface area (Å²) in [7, 11) is 4.00. The third-order valence-electron chi connectivity index (χ3n) is 5.92. The quantitative estimate of drug-likeness (QED) is 0.205. The summed E-state index contributed by atoms with van der Waals surface area (Å²) in [6.45, 7) is -1.69. The minimum absolute atomic E-state index is 0. The van der Waals surface area contributed by atoms with E-state index in [2.05, 4.69) is 30.2 Å². The Morgan fingerprint density at radius 2 is 1.39 bits per heavy atom. The summed E-state index contributed by atoms with van der Waals surface area (Å²) in [5.74, 6) is -1.29. The SMILES string of the molecule is Cn1ccn([B-](n2ccn(C)[cH+]2)(n2cccn2)n2cccn2)[cH+]1.Fc1c[c-]c(-c2ccccn2)c(F)c1.[Ir]. The number of halogens is 2. The first kappa shape index (κ1) is 26.8. The minimum atomic E-state index is -1.69. The van der Waals surface area contributed by atoms with Gasteiger partial charge in [0.05, 0.1) is 0 Å². The molecule has 0 unspecified atom stereocenters. The molecule has 5 heterocycles. The number of aromatic nitrogens is 9. The molecular formula is C25H24BF2IrN9. The molecule has 1 radical (unpaired) electrons. The van der Waals surface area contributed by atoms with E-state index in [0.29, 0.717) is 5.69 Å². The van der Waals surface area contributed by atoms with Crippen LogP contribution in [0.2, 0.25) is 0 Å². The molecule has 38 heavy (non-hydrogen) atoms. The summed E-state index contributed by atoms with van der Waals surface area (Å²) in [5, 5.41) is 9.08. The van der Waals surface area contributed by atoms with Gasteiger partial charge in [0.1, 0.15) is 25.0 Å². The van der Waals surface area contributed by atoms with Gasteiger partial charge in [-0.25, -0.2) is 19.3 Å². The summed E-state index contributed by atoms with van der Waals surface area (Å²) in [6, 6.07) is 13.4. The number of rotatable bonds is 5. The van der Waals surface area contributed by atoms with E-state index in [0.717, 1.165) is 12.1 Å². The predicted molar refractivity (Wildman–Crippen MR) is 136 cm³/mol. The van der Waals surface area contributed by atoms with E-state index in [4.69, 9.17) is 0 Å². The fourth-order valence-corrected chi connectivity index (χ4v) is 4.29. The topological polar surface area (TPSA) is 68.2 Å². The number of hydrogen-bond acceptors (Lipinski definition) is 3. The molecule has 0 fully saturated rings. The van der Waals surface area contributed by atoms with Crippen LogP contribution >= 0.6 is 0 Å². The standard InChI is InChI=1S/C14H18BN8.C11H6F2N.Ir/c1-18-9-11-20(13-18)15(22-7-3-5-16-22,23-8-4-6-17-23)21-12-10-19(2)14-21;12-8-4-5-9(10(13)7-8)11-3-1-2-6-14-11;/h3-14H,1-2H3;1-4,6-7H;/q+1;-1;. The van der Waals surface area contributed by atoms with Gasteiger partial charge >= 0.3 is 6.69 Å². The number of imidazole rings is 2. The maximum Gasteiger partial charge on any atom is 0.485 e. The molecule has 9 nitrogen and oxygen atoms in total. The molecule has 0 aliphatic carbocycles. The van der Waals surface area contributed by atoms with Crippen molar-refractivity contribution >= 4 is 6.69 Å². The summed E-state index contributed by atoms with van der Waals surface area (Å²) in [6.07, 6.45) is 21.2. The van der Waals surface area contributed by atoms with Gasteiger partial charge in [0.2, 0.25) is 0 Å². The first-order valence-corrected chi connectivity index (χ1v) is 11.5. The predicted octanol–water partition coefficient (Wildman–Crippen LogP) is 3.67. The maximum atomic E-state index is 13.2. The molecule has 5 aromatic heterocycles. The zero-order valence-corrected chi connectivity index (χ0v) is 23.0. The van der Waals surface area contributed by atoms with Crippen LogP contribution in [0.4, 0.5) is 8.78 Å². The van der Waals surface area contributed by atoms with Crippen LogP contribution in [0.5, 0.6) is 0 Å². The van der Waals surface area contributed by atoms with Crippen molar-refractivity contribution in [2.45, 2.75) is 0 Å². The van der Waals surface area contributed by atoms with Crippen molar-refractivity contribution < 1.29 is 28.9 Å². The summed E-state index contributed by atoms with van der Waals surface area (Å²) < 4.78 is 37.9. The molecule has 195 valence electrons. The van der Waals surface area contributed by atoms with Crippen LogP contribution in [0.1, 0.15) is 0 Å². The number of hydrogen-bond donors (Lipinski definition) is 0. The Kier molecular flexibility index (Phi) is 8.09. The molecule has 0 bridgehead atoms. The molecular weight excluding hydrogens is 667 g/mol. The first-order valence-electron chi connectivity index (χ1n) is 11.5. The Labute approximate surface area is 231 Å². The summed E-state index contributed by atoms with van der Waals surface area (Å²) >= 11 is 0. The summed E-state index contributed by atoms with van der Waals surface area (Å²) in [5.41, 5.74) is 0.636. The van der Waals surface area contributed by atoms with E-state index in [-0.39, 0.29) is 25.7 Å². The van der Waals surface area contributed by atoms with Gasteiger partial charge in [0.15, 0.2) is 12.4 Å². The van der Waals surface area contributed by atoms with Crippen molar-refractivity contribution in [2.75, 3.05) is 0 Å². The number of nitrogens with zero attached hydrogens (tertiary/aromatic N) is 9. The van der Waals surface area contributed by atoms with Crippen LogP contribution in [-0.2, 0) is 34.2 Å². The van der Waals surface area contributed by atoms with Crippen molar-refractivity contribution in [3.05, 3.63) is 129 Å². The maximum absolute atomic E-state index is 13.2. The zero-order chi connectivity index (χ0) is 25.8. The summed E-state index contributed by atoms with van der Waals surface area (Å²) in [4.78, 5) is 3.95. The van der Waals surface area contributed by atoms with Crippen molar-refractivity contribution in [2.24, 2.45) is 14.1 Å². The van der Waals surface area contributed by atoms with Crippen molar-refractivity contribution in [1.82, 2.24) is 42.5 Å². The molecule has 0 spiro atoms. The van der Waals surface area contributed by atoms with Gasteiger partial charge in [-0.05, 0) is 36.3 Å². The molecule has 1 aromatic carbocycles. The average Bonchev–Trinajstić information content (AvgIpc) is 3.71. The third kappa shape index (κ3) is 5.11. The Balaban J connectivity index is 0.000000193. The van der Waals surface area contributed by atoms with Crippen LogP contribution < -0.4 is 0 Å². The smallest absolute Gasteiger partial charge is 0.378 e. The molecule has 0 saturated carbocycles. The van der Waals surface area contributed by atoms with Crippen LogP contribution in [0.3, 0.4) is 0 Å². The van der Waals surface area contributed by atoms with Crippen LogP contribution in [0.25, 0.3) is 11.3 Å². The van der Waals surface area contributed by atoms with Gasteiger partial charge in [-0.15, -0.1) is 12.1 Å². The molecule has 0 aliphatic rings. The molecule has 0 amide bonds. The van der Waals surface area contributed by atoms with Gasteiger partial charge in [-0.3, -0.25) is 8.78 Å². The Bertz CT molecular complexity index is 1510. The van der Waals surface area contributed by atoms with Gasteiger partial charge in [-0.1, -0.05) is 23.8 Å². The van der Waals surface area contributed by atoms with Gasteiger partial charge in [0.25, 0.3) is 0 Å². The molecule has 0 atom stereocenters. The normalized spacial score (nSPS) is 10.9. The van der Waals surface area contributed by atoms with E-state index < -0.39 is 18.3 Å². The van der Waals surface area contributed by atoms with E-state index in [1.54, 1.807) is 36.8 Å². The van der Waals surface area contributed by atoms with Gasteiger partial charge in [-0.2, -0.15) is 0 Å².